The summed E-state index contributed by atoms with van der Waals surface area (Å²) in [6, 6.07) is 11.2. The Labute approximate surface area is 183 Å². The molecule has 0 spiro atoms. The fourth-order valence-electron chi connectivity index (χ4n) is 3.75. The molecule has 1 N–H and O–H groups in total. The Hall–Kier alpha value is -2.61. The van der Waals surface area contributed by atoms with E-state index in [4.69, 9.17) is 4.74 Å². The molecule has 1 aliphatic carbocycles. The second-order valence-electron chi connectivity index (χ2n) is 7.65. The maximum absolute atomic E-state index is 13.3. The molecule has 0 atom stereocenters. The van der Waals surface area contributed by atoms with Crippen LogP contribution in [0.2, 0.25) is 0 Å². The van der Waals surface area contributed by atoms with Gasteiger partial charge in [0, 0.05) is 6.04 Å². The Morgan fingerprint density at radius 3 is 2.23 bits per heavy atom. The highest BCUT2D eigenvalue weighted by Crippen LogP contribution is 2.26. The summed E-state index contributed by atoms with van der Waals surface area (Å²) in [5.41, 5.74) is 0.337. The molecular formula is C23H29FN2O4S. The number of carbonyl (C=O) groups excluding carboxylic acids is 1. The van der Waals surface area contributed by atoms with Gasteiger partial charge in [0.1, 0.15) is 18.1 Å². The van der Waals surface area contributed by atoms with Gasteiger partial charge in [0.25, 0.3) is 10.0 Å². The summed E-state index contributed by atoms with van der Waals surface area (Å²) in [5.74, 6) is -0.280. The summed E-state index contributed by atoms with van der Waals surface area (Å²) in [6.07, 6.45) is 6.23. The third kappa shape index (κ3) is 6.19. The van der Waals surface area contributed by atoms with Crippen LogP contribution in [0.5, 0.6) is 5.75 Å². The van der Waals surface area contributed by atoms with Gasteiger partial charge in [-0.25, -0.2) is 12.8 Å². The molecule has 6 nitrogen and oxygen atoms in total. The van der Waals surface area contributed by atoms with Gasteiger partial charge in [-0.1, -0.05) is 25.7 Å². The summed E-state index contributed by atoms with van der Waals surface area (Å²) in [6.45, 7) is 1.99. The SMILES string of the molecule is CCOc1ccc(N(CC(=O)NC2CCCCCC2)S(=O)(=O)c2ccc(F)cc2)cc1. The lowest BCUT2D eigenvalue weighted by Crippen LogP contribution is -2.44. The molecule has 0 radical (unpaired) electrons. The van der Waals surface area contributed by atoms with E-state index in [9.17, 15) is 17.6 Å². The number of anilines is 1. The van der Waals surface area contributed by atoms with Gasteiger partial charge in [0.05, 0.1) is 17.2 Å². The molecule has 1 fully saturated rings. The molecule has 1 amide bonds. The van der Waals surface area contributed by atoms with E-state index in [1.165, 1.54) is 12.1 Å². The van der Waals surface area contributed by atoms with E-state index in [1.807, 2.05) is 6.92 Å². The van der Waals surface area contributed by atoms with Crippen LogP contribution in [-0.4, -0.2) is 33.5 Å². The zero-order chi connectivity index (χ0) is 22.3. The van der Waals surface area contributed by atoms with Crippen LogP contribution in [0.4, 0.5) is 10.1 Å². The van der Waals surface area contributed by atoms with Gasteiger partial charge in [0.2, 0.25) is 5.91 Å². The van der Waals surface area contributed by atoms with E-state index in [0.29, 0.717) is 18.0 Å². The Morgan fingerprint density at radius 1 is 1.03 bits per heavy atom. The van der Waals surface area contributed by atoms with Crippen molar-refractivity contribution in [2.24, 2.45) is 0 Å². The maximum Gasteiger partial charge on any atom is 0.264 e. The summed E-state index contributed by atoms with van der Waals surface area (Å²) in [7, 11) is -4.07. The smallest absolute Gasteiger partial charge is 0.264 e. The number of sulfonamides is 1. The van der Waals surface area contributed by atoms with Crippen molar-refractivity contribution in [1.82, 2.24) is 5.32 Å². The number of hydrogen-bond donors (Lipinski definition) is 1. The first-order valence-corrected chi connectivity index (χ1v) is 12.1. The Kier molecular flexibility index (Phi) is 7.90. The predicted molar refractivity (Wildman–Crippen MR) is 118 cm³/mol. The molecule has 0 unspecified atom stereocenters. The molecule has 1 saturated carbocycles. The highest BCUT2D eigenvalue weighted by Gasteiger charge is 2.28. The molecule has 0 aromatic heterocycles. The van der Waals surface area contributed by atoms with Crippen molar-refractivity contribution >= 4 is 21.6 Å². The van der Waals surface area contributed by atoms with Gasteiger partial charge in [-0.15, -0.1) is 0 Å². The standard InChI is InChI=1S/C23H29FN2O4S/c1-2-30-21-13-11-20(12-14-21)26(31(28,29)22-15-9-18(24)10-16-22)17-23(27)25-19-7-5-3-4-6-8-19/h9-16,19H,2-8,17H2,1H3,(H,25,27). The van der Waals surface area contributed by atoms with E-state index in [1.54, 1.807) is 24.3 Å². The summed E-state index contributed by atoms with van der Waals surface area (Å²) in [5, 5.41) is 2.99. The van der Waals surface area contributed by atoms with Crippen molar-refractivity contribution in [3.05, 3.63) is 54.3 Å². The minimum Gasteiger partial charge on any atom is -0.494 e. The fourth-order valence-corrected chi connectivity index (χ4v) is 5.17. The zero-order valence-electron chi connectivity index (χ0n) is 17.7. The Morgan fingerprint density at radius 2 is 1.65 bits per heavy atom. The van der Waals surface area contributed by atoms with Crippen LogP contribution in [0.3, 0.4) is 0 Å². The van der Waals surface area contributed by atoms with Crippen LogP contribution in [0.15, 0.2) is 53.4 Å². The Balaban J connectivity index is 1.86. The topological polar surface area (TPSA) is 75.7 Å². The van der Waals surface area contributed by atoms with Crippen molar-refractivity contribution in [3.8, 4) is 5.75 Å². The molecule has 0 bridgehead atoms. The average molecular weight is 449 g/mol. The van der Waals surface area contributed by atoms with Crippen LogP contribution < -0.4 is 14.4 Å². The minimum atomic E-state index is -4.07. The lowest BCUT2D eigenvalue weighted by Gasteiger charge is -2.25. The van der Waals surface area contributed by atoms with Gasteiger partial charge >= 0.3 is 0 Å². The second-order valence-corrected chi connectivity index (χ2v) is 9.51. The molecule has 0 heterocycles. The molecule has 168 valence electrons. The number of halogens is 1. The lowest BCUT2D eigenvalue weighted by atomic mass is 10.1. The number of nitrogens with one attached hydrogen (secondary N) is 1. The molecule has 0 aliphatic heterocycles. The molecule has 2 aromatic carbocycles. The van der Waals surface area contributed by atoms with Gasteiger partial charge < -0.3 is 10.1 Å². The first-order valence-electron chi connectivity index (χ1n) is 10.7. The number of amides is 1. The number of benzene rings is 2. The molecule has 2 aromatic rings. The summed E-state index contributed by atoms with van der Waals surface area (Å²) < 4.78 is 46.5. The van der Waals surface area contributed by atoms with Crippen molar-refractivity contribution < 1.29 is 22.3 Å². The van der Waals surface area contributed by atoms with Crippen LogP contribution >= 0.6 is 0 Å². The molecule has 3 rings (SSSR count). The van der Waals surface area contributed by atoms with Crippen molar-refractivity contribution in [2.45, 2.75) is 56.4 Å². The summed E-state index contributed by atoms with van der Waals surface area (Å²) >= 11 is 0. The van der Waals surface area contributed by atoms with Gasteiger partial charge in [-0.3, -0.25) is 9.10 Å². The number of hydrogen-bond acceptors (Lipinski definition) is 4. The van der Waals surface area contributed by atoms with E-state index < -0.39 is 15.8 Å². The molecule has 0 saturated heterocycles. The number of nitrogens with zero attached hydrogens (tertiary/aromatic N) is 1. The molecule has 1 aliphatic rings. The number of ether oxygens (including phenoxy) is 1. The van der Waals surface area contributed by atoms with E-state index in [-0.39, 0.29) is 23.4 Å². The van der Waals surface area contributed by atoms with E-state index in [2.05, 4.69) is 5.32 Å². The average Bonchev–Trinajstić information content (AvgIpc) is 3.02. The van der Waals surface area contributed by atoms with Gasteiger partial charge in [-0.05, 0) is 68.3 Å². The van der Waals surface area contributed by atoms with Crippen LogP contribution in [0.25, 0.3) is 0 Å². The van der Waals surface area contributed by atoms with Crippen LogP contribution in [-0.2, 0) is 14.8 Å². The zero-order valence-corrected chi connectivity index (χ0v) is 18.5. The third-order valence-corrected chi connectivity index (χ3v) is 7.13. The molecule has 31 heavy (non-hydrogen) atoms. The second kappa shape index (κ2) is 10.6. The van der Waals surface area contributed by atoms with Gasteiger partial charge in [0.15, 0.2) is 0 Å². The van der Waals surface area contributed by atoms with Crippen LogP contribution in [0, 0.1) is 5.82 Å². The van der Waals surface area contributed by atoms with Crippen molar-refractivity contribution in [2.75, 3.05) is 17.5 Å². The van der Waals surface area contributed by atoms with E-state index in [0.717, 1.165) is 55.0 Å². The van der Waals surface area contributed by atoms with Crippen LogP contribution in [0.1, 0.15) is 45.4 Å². The normalized spacial score (nSPS) is 15.2. The molecule has 8 heteroatoms. The van der Waals surface area contributed by atoms with Crippen molar-refractivity contribution in [3.63, 3.8) is 0 Å². The first kappa shape index (κ1) is 23.1. The van der Waals surface area contributed by atoms with E-state index >= 15 is 0 Å². The monoisotopic (exact) mass is 448 g/mol. The quantitative estimate of drug-likeness (QED) is 0.613. The Bertz CT molecular complexity index is 954. The fraction of sp³-hybridized carbons (Fsp3) is 0.435. The highest BCUT2D eigenvalue weighted by molar-refractivity contribution is 7.92. The number of rotatable bonds is 8. The summed E-state index contributed by atoms with van der Waals surface area (Å²) in [4.78, 5) is 12.7. The minimum absolute atomic E-state index is 0.0608. The highest BCUT2D eigenvalue weighted by atomic mass is 32.2. The third-order valence-electron chi connectivity index (χ3n) is 5.34. The largest absolute Gasteiger partial charge is 0.494 e. The maximum atomic E-state index is 13.3. The lowest BCUT2D eigenvalue weighted by molar-refractivity contribution is -0.120. The number of carbonyl (C=O) groups is 1. The van der Waals surface area contributed by atoms with Gasteiger partial charge in [-0.2, -0.15) is 0 Å². The molecular weight excluding hydrogens is 419 g/mol. The van der Waals surface area contributed by atoms with Crippen molar-refractivity contribution in [1.29, 1.82) is 0 Å². The predicted octanol–water partition coefficient (Wildman–Crippen LogP) is 4.26. The first-order chi connectivity index (χ1) is 14.9.